The summed E-state index contributed by atoms with van der Waals surface area (Å²) >= 11 is 0. The van der Waals surface area contributed by atoms with Crippen LogP contribution in [0.1, 0.15) is 16.8 Å². The van der Waals surface area contributed by atoms with Crippen LogP contribution < -0.4 is 11.1 Å². The highest BCUT2D eigenvalue weighted by Crippen LogP contribution is 2.11. The Morgan fingerprint density at radius 2 is 2.00 bits per heavy atom. The Balaban J connectivity index is 2.77. The summed E-state index contributed by atoms with van der Waals surface area (Å²) in [7, 11) is 0. The summed E-state index contributed by atoms with van der Waals surface area (Å²) in [6.07, 6.45) is 5.15. The van der Waals surface area contributed by atoms with Crippen molar-refractivity contribution < 1.29 is 14.7 Å². The van der Waals surface area contributed by atoms with Crippen LogP contribution in [0.15, 0.2) is 24.3 Å². The molecule has 1 rings (SSSR count). The topological polar surface area (TPSA) is 92.4 Å². The van der Waals surface area contributed by atoms with E-state index in [0.29, 0.717) is 11.3 Å². The van der Waals surface area contributed by atoms with Gasteiger partial charge in [-0.05, 0) is 24.3 Å². The molecule has 5 heteroatoms. The first-order chi connectivity index (χ1) is 8.04. The Morgan fingerprint density at radius 1 is 1.41 bits per heavy atom. The molecular formula is C12H12N2O3. The summed E-state index contributed by atoms with van der Waals surface area (Å²) < 4.78 is 0. The fourth-order valence-electron chi connectivity index (χ4n) is 1.25. The minimum atomic E-state index is -1.03. The minimum absolute atomic E-state index is 0.0763. The largest absolute Gasteiger partial charge is 0.480 e. The van der Waals surface area contributed by atoms with Gasteiger partial charge in [-0.1, -0.05) is 0 Å². The zero-order valence-corrected chi connectivity index (χ0v) is 9.01. The van der Waals surface area contributed by atoms with Crippen LogP contribution in [0.2, 0.25) is 0 Å². The Bertz CT molecular complexity index is 460. The van der Waals surface area contributed by atoms with Crippen LogP contribution >= 0.6 is 0 Å². The van der Waals surface area contributed by atoms with Gasteiger partial charge in [-0.3, -0.25) is 4.79 Å². The van der Waals surface area contributed by atoms with Crippen molar-refractivity contribution in [1.29, 1.82) is 0 Å². The molecule has 1 atom stereocenters. The lowest BCUT2D eigenvalue weighted by atomic mass is 10.1. The van der Waals surface area contributed by atoms with E-state index in [1.807, 2.05) is 0 Å². The number of nitrogens with one attached hydrogen (secondary N) is 1. The molecule has 0 aliphatic carbocycles. The molecule has 0 saturated heterocycles. The molecule has 5 nitrogen and oxygen atoms in total. The monoisotopic (exact) mass is 232 g/mol. The summed E-state index contributed by atoms with van der Waals surface area (Å²) in [5, 5.41) is 11.6. The van der Waals surface area contributed by atoms with Crippen LogP contribution in [0.4, 0.5) is 5.69 Å². The average Bonchev–Trinajstić information content (AvgIpc) is 2.29. The number of anilines is 1. The molecule has 4 N–H and O–H groups in total. The highest BCUT2D eigenvalue weighted by Gasteiger charge is 2.15. The van der Waals surface area contributed by atoms with E-state index < -0.39 is 17.9 Å². The lowest BCUT2D eigenvalue weighted by Gasteiger charge is -2.13. The van der Waals surface area contributed by atoms with Gasteiger partial charge in [0.05, 0.1) is 0 Å². The molecule has 0 aliphatic rings. The standard InChI is InChI=1S/C12H12N2O3/c1-2-3-10(12(16)17)14-9-6-4-8(5-7-9)11(13)15/h1,4-7,10,14H,3H2,(H2,13,15)(H,16,17). The maximum Gasteiger partial charge on any atom is 0.327 e. The van der Waals surface area contributed by atoms with E-state index in [1.54, 1.807) is 12.1 Å². The Hall–Kier alpha value is -2.48. The molecule has 0 heterocycles. The molecule has 88 valence electrons. The van der Waals surface area contributed by atoms with Gasteiger partial charge in [0, 0.05) is 17.7 Å². The van der Waals surface area contributed by atoms with Crippen LogP contribution in [0.5, 0.6) is 0 Å². The van der Waals surface area contributed by atoms with Gasteiger partial charge in [0.15, 0.2) is 0 Å². The number of carboxylic acid groups (broad SMARTS) is 1. The third kappa shape index (κ3) is 3.54. The fourth-order valence-corrected chi connectivity index (χ4v) is 1.25. The van der Waals surface area contributed by atoms with Gasteiger partial charge in [0.25, 0.3) is 0 Å². The predicted octanol–water partition coefficient (Wildman–Crippen LogP) is 0.674. The van der Waals surface area contributed by atoms with E-state index in [1.165, 1.54) is 12.1 Å². The summed E-state index contributed by atoms with van der Waals surface area (Å²) in [4.78, 5) is 21.7. The molecule has 1 amide bonds. The van der Waals surface area contributed by atoms with Crippen LogP contribution in [0.3, 0.4) is 0 Å². The number of benzene rings is 1. The summed E-state index contributed by atoms with van der Waals surface area (Å²) in [6.45, 7) is 0. The van der Waals surface area contributed by atoms with Crippen LogP contribution in [0, 0.1) is 12.3 Å². The van der Waals surface area contributed by atoms with Gasteiger partial charge in [-0.15, -0.1) is 12.3 Å². The second-order valence-electron chi connectivity index (χ2n) is 3.39. The molecule has 0 radical (unpaired) electrons. The van der Waals surface area contributed by atoms with E-state index in [4.69, 9.17) is 17.3 Å². The number of aliphatic carboxylic acids is 1. The molecule has 0 fully saturated rings. The van der Waals surface area contributed by atoms with Gasteiger partial charge < -0.3 is 16.2 Å². The van der Waals surface area contributed by atoms with Crippen molar-refractivity contribution in [3.63, 3.8) is 0 Å². The molecule has 1 aromatic carbocycles. The predicted molar refractivity (Wildman–Crippen MR) is 63.5 cm³/mol. The normalized spacial score (nSPS) is 11.2. The van der Waals surface area contributed by atoms with Gasteiger partial charge in [0.1, 0.15) is 6.04 Å². The quantitative estimate of drug-likeness (QED) is 0.651. The molecule has 0 aliphatic heterocycles. The van der Waals surface area contributed by atoms with Gasteiger partial charge >= 0.3 is 5.97 Å². The Kier molecular flexibility index (Phi) is 4.12. The number of carbonyl (C=O) groups excluding carboxylic acids is 1. The third-order valence-corrected chi connectivity index (χ3v) is 2.13. The molecule has 0 spiro atoms. The van der Waals surface area contributed by atoms with Crippen molar-refractivity contribution in [3.05, 3.63) is 29.8 Å². The number of hydrogen-bond acceptors (Lipinski definition) is 3. The van der Waals surface area contributed by atoms with Crippen molar-refractivity contribution in [2.75, 3.05) is 5.32 Å². The number of nitrogens with two attached hydrogens (primary N) is 1. The molecule has 0 aromatic heterocycles. The average molecular weight is 232 g/mol. The summed E-state index contributed by atoms with van der Waals surface area (Å²) in [6, 6.07) is 5.33. The third-order valence-electron chi connectivity index (χ3n) is 2.13. The maximum atomic E-state index is 10.8. The van der Waals surface area contributed by atoms with Crippen molar-refractivity contribution in [2.24, 2.45) is 5.73 Å². The molecule has 1 aromatic rings. The highest BCUT2D eigenvalue weighted by atomic mass is 16.4. The van der Waals surface area contributed by atoms with Crippen molar-refractivity contribution in [1.82, 2.24) is 0 Å². The Labute approximate surface area is 98.6 Å². The first kappa shape index (κ1) is 12.6. The van der Waals surface area contributed by atoms with Gasteiger partial charge in [-0.25, -0.2) is 4.79 Å². The van der Waals surface area contributed by atoms with Crippen molar-refractivity contribution in [2.45, 2.75) is 12.5 Å². The van der Waals surface area contributed by atoms with Crippen molar-refractivity contribution >= 4 is 17.6 Å². The zero-order valence-electron chi connectivity index (χ0n) is 9.01. The van der Waals surface area contributed by atoms with Gasteiger partial charge in [-0.2, -0.15) is 0 Å². The second kappa shape index (κ2) is 5.56. The van der Waals surface area contributed by atoms with Crippen molar-refractivity contribution in [3.8, 4) is 12.3 Å². The summed E-state index contributed by atoms with van der Waals surface area (Å²) in [5.41, 5.74) is 6.01. The first-order valence-electron chi connectivity index (χ1n) is 4.87. The number of carboxylic acids is 1. The molecule has 17 heavy (non-hydrogen) atoms. The molecule has 1 unspecified atom stereocenters. The lowest BCUT2D eigenvalue weighted by Crippen LogP contribution is -2.28. The number of rotatable bonds is 5. The number of hydrogen-bond donors (Lipinski definition) is 3. The Morgan fingerprint density at radius 3 is 2.41 bits per heavy atom. The van der Waals surface area contributed by atoms with E-state index in [0.717, 1.165) is 0 Å². The molecule has 0 bridgehead atoms. The maximum absolute atomic E-state index is 10.8. The van der Waals surface area contributed by atoms with Crippen LogP contribution in [0.25, 0.3) is 0 Å². The number of terminal acetylenes is 1. The number of primary amides is 1. The second-order valence-corrected chi connectivity index (χ2v) is 3.39. The smallest absolute Gasteiger partial charge is 0.327 e. The highest BCUT2D eigenvalue weighted by molar-refractivity contribution is 5.93. The number of carbonyl (C=O) groups is 2. The minimum Gasteiger partial charge on any atom is -0.480 e. The number of amides is 1. The zero-order chi connectivity index (χ0) is 12.8. The first-order valence-corrected chi connectivity index (χ1v) is 4.87. The SMILES string of the molecule is C#CCC(Nc1ccc(C(N)=O)cc1)C(=O)O. The van der Waals surface area contributed by atoms with E-state index in [9.17, 15) is 9.59 Å². The van der Waals surface area contributed by atoms with Gasteiger partial charge in [0.2, 0.25) is 5.91 Å². The van der Waals surface area contributed by atoms with Crippen LogP contribution in [-0.4, -0.2) is 23.0 Å². The van der Waals surface area contributed by atoms with Crippen LogP contribution in [-0.2, 0) is 4.79 Å². The molecular weight excluding hydrogens is 220 g/mol. The lowest BCUT2D eigenvalue weighted by molar-refractivity contribution is -0.137. The van der Waals surface area contributed by atoms with E-state index in [-0.39, 0.29) is 6.42 Å². The summed E-state index contributed by atoms with van der Waals surface area (Å²) in [5.74, 6) is 0.723. The molecule has 0 saturated carbocycles. The van der Waals surface area contributed by atoms with E-state index in [2.05, 4.69) is 11.2 Å². The fraction of sp³-hybridized carbons (Fsp3) is 0.167. The van der Waals surface area contributed by atoms with E-state index >= 15 is 0 Å².